The number of hydrogen-bond acceptors (Lipinski definition) is 2. The summed E-state index contributed by atoms with van der Waals surface area (Å²) in [5.41, 5.74) is 5.74. The van der Waals surface area contributed by atoms with Crippen LogP contribution >= 0.6 is 11.6 Å². The molecule has 0 aliphatic rings. The van der Waals surface area contributed by atoms with Crippen LogP contribution < -0.4 is 0 Å². The highest BCUT2D eigenvalue weighted by atomic mass is 35.5. The number of para-hydroxylation sites is 1. The van der Waals surface area contributed by atoms with Crippen LogP contribution in [0.2, 0.25) is 0 Å². The van der Waals surface area contributed by atoms with Crippen LogP contribution in [0.1, 0.15) is 22.6 Å². The van der Waals surface area contributed by atoms with Crippen molar-refractivity contribution < 1.29 is 0 Å². The van der Waals surface area contributed by atoms with Crippen molar-refractivity contribution in [2.75, 3.05) is 0 Å². The molecule has 0 N–H and O–H groups in total. The molecule has 4 nitrogen and oxygen atoms in total. The molecule has 3 aromatic rings. The fourth-order valence-electron chi connectivity index (χ4n) is 2.56. The Hall–Kier alpha value is -1.81. The highest BCUT2D eigenvalue weighted by molar-refractivity contribution is 6.16. The first kappa shape index (κ1) is 13.2. The van der Waals surface area contributed by atoms with Crippen LogP contribution in [0.3, 0.4) is 0 Å². The predicted octanol–water partition coefficient (Wildman–Crippen LogP) is 3.17. The number of aromatic nitrogens is 4. The first-order valence-electron chi connectivity index (χ1n) is 6.60. The van der Waals surface area contributed by atoms with Crippen molar-refractivity contribution in [1.82, 2.24) is 19.3 Å². The lowest BCUT2D eigenvalue weighted by atomic mass is 10.2. The Bertz CT molecular complexity index is 770. The van der Waals surface area contributed by atoms with Crippen molar-refractivity contribution >= 4 is 22.6 Å². The number of halogens is 1. The number of nitrogens with zero attached hydrogens (tertiary/aromatic N) is 4. The van der Waals surface area contributed by atoms with E-state index in [9.17, 15) is 0 Å². The maximum absolute atomic E-state index is 6.06. The molecule has 0 aliphatic heterocycles. The number of alkyl halides is 1. The molecule has 0 amide bonds. The van der Waals surface area contributed by atoms with Gasteiger partial charge in [-0.15, -0.1) is 11.6 Å². The molecule has 0 radical (unpaired) electrons. The number of benzene rings is 1. The van der Waals surface area contributed by atoms with Crippen molar-refractivity contribution in [3.05, 3.63) is 47.0 Å². The zero-order chi connectivity index (χ0) is 14.3. The quantitative estimate of drug-likeness (QED) is 0.694. The van der Waals surface area contributed by atoms with Crippen LogP contribution in [0.15, 0.2) is 24.4 Å². The van der Waals surface area contributed by atoms with Crippen molar-refractivity contribution in [3.63, 3.8) is 0 Å². The third-order valence-corrected chi connectivity index (χ3v) is 4.07. The standard InChI is InChI=1S/C15H17ClN4/c1-10-5-4-6-13-15(10)20(14(7-16)18-13)9-12-8-17-19(3)11(12)2/h4-6,8H,7,9H2,1-3H3. The van der Waals surface area contributed by atoms with E-state index in [1.807, 2.05) is 30.1 Å². The van der Waals surface area contributed by atoms with E-state index in [0.717, 1.165) is 23.4 Å². The van der Waals surface area contributed by atoms with E-state index >= 15 is 0 Å². The van der Waals surface area contributed by atoms with Gasteiger partial charge in [-0.25, -0.2) is 4.98 Å². The number of rotatable bonds is 3. The second kappa shape index (κ2) is 4.94. The Kier molecular flexibility index (Phi) is 3.26. The first-order chi connectivity index (χ1) is 9.61. The molecule has 0 saturated heterocycles. The van der Waals surface area contributed by atoms with E-state index in [-0.39, 0.29) is 0 Å². The number of hydrogen-bond donors (Lipinski definition) is 0. The fraction of sp³-hybridized carbons (Fsp3) is 0.333. The summed E-state index contributed by atoms with van der Waals surface area (Å²) < 4.78 is 4.09. The molecule has 2 heterocycles. The largest absolute Gasteiger partial charge is 0.322 e. The Morgan fingerprint density at radius 3 is 2.70 bits per heavy atom. The van der Waals surface area contributed by atoms with Gasteiger partial charge in [0, 0.05) is 18.3 Å². The van der Waals surface area contributed by atoms with E-state index < -0.39 is 0 Å². The minimum Gasteiger partial charge on any atom is -0.322 e. The molecular formula is C15H17ClN4. The summed E-state index contributed by atoms with van der Waals surface area (Å²) in [5, 5.41) is 4.30. The van der Waals surface area contributed by atoms with E-state index in [2.05, 4.69) is 34.6 Å². The average Bonchev–Trinajstić information content (AvgIpc) is 2.95. The van der Waals surface area contributed by atoms with Crippen LogP contribution in [0.25, 0.3) is 11.0 Å². The van der Waals surface area contributed by atoms with Crippen molar-refractivity contribution in [1.29, 1.82) is 0 Å². The lowest BCUT2D eigenvalue weighted by molar-refractivity contribution is 0.729. The zero-order valence-corrected chi connectivity index (χ0v) is 12.6. The van der Waals surface area contributed by atoms with Gasteiger partial charge in [0.1, 0.15) is 5.82 Å². The van der Waals surface area contributed by atoms with Gasteiger partial charge in [0.05, 0.1) is 29.7 Å². The van der Waals surface area contributed by atoms with Crippen LogP contribution in [0.4, 0.5) is 0 Å². The summed E-state index contributed by atoms with van der Waals surface area (Å²) in [7, 11) is 1.96. The molecule has 104 valence electrons. The summed E-state index contributed by atoms with van der Waals surface area (Å²) in [6.45, 7) is 4.94. The van der Waals surface area contributed by atoms with Gasteiger partial charge in [0.2, 0.25) is 0 Å². The monoisotopic (exact) mass is 288 g/mol. The molecule has 20 heavy (non-hydrogen) atoms. The minimum atomic E-state index is 0.410. The molecule has 3 rings (SSSR count). The van der Waals surface area contributed by atoms with E-state index in [0.29, 0.717) is 5.88 Å². The second-order valence-electron chi connectivity index (χ2n) is 5.07. The van der Waals surface area contributed by atoms with Crippen LogP contribution in [-0.4, -0.2) is 19.3 Å². The SMILES string of the molecule is Cc1cccc2nc(CCl)n(Cc3cnn(C)c3C)c12. The van der Waals surface area contributed by atoms with E-state index in [4.69, 9.17) is 11.6 Å². The summed E-state index contributed by atoms with van der Waals surface area (Å²) in [5.74, 6) is 1.31. The van der Waals surface area contributed by atoms with Crippen LogP contribution in [-0.2, 0) is 19.5 Å². The normalized spacial score (nSPS) is 11.4. The van der Waals surface area contributed by atoms with Crippen molar-refractivity contribution in [2.24, 2.45) is 7.05 Å². The summed E-state index contributed by atoms with van der Waals surface area (Å²) in [6.07, 6.45) is 1.91. The first-order valence-corrected chi connectivity index (χ1v) is 7.13. The van der Waals surface area contributed by atoms with Gasteiger partial charge in [0.15, 0.2) is 0 Å². The summed E-state index contributed by atoms with van der Waals surface area (Å²) >= 11 is 6.06. The van der Waals surface area contributed by atoms with E-state index in [1.54, 1.807) is 0 Å². The Morgan fingerprint density at radius 2 is 2.05 bits per heavy atom. The molecule has 0 unspecified atom stereocenters. The smallest absolute Gasteiger partial charge is 0.125 e. The van der Waals surface area contributed by atoms with Crippen LogP contribution in [0, 0.1) is 13.8 Å². The highest BCUT2D eigenvalue weighted by Crippen LogP contribution is 2.23. The maximum atomic E-state index is 6.06. The molecular weight excluding hydrogens is 272 g/mol. The van der Waals surface area contributed by atoms with Gasteiger partial charge in [0.25, 0.3) is 0 Å². The fourth-order valence-corrected chi connectivity index (χ4v) is 2.76. The molecule has 0 atom stereocenters. The van der Waals surface area contributed by atoms with E-state index in [1.165, 1.54) is 16.8 Å². The Labute approximate surface area is 123 Å². The van der Waals surface area contributed by atoms with Gasteiger partial charge in [-0.05, 0) is 25.5 Å². The molecule has 2 aromatic heterocycles. The molecule has 0 spiro atoms. The molecule has 0 bridgehead atoms. The third kappa shape index (κ3) is 2.00. The maximum Gasteiger partial charge on any atom is 0.125 e. The lowest BCUT2D eigenvalue weighted by Gasteiger charge is -2.09. The van der Waals surface area contributed by atoms with Gasteiger partial charge in [-0.3, -0.25) is 4.68 Å². The summed E-state index contributed by atoms with van der Waals surface area (Å²) in [6, 6.07) is 6.17. The number of imidazole rings is 1. The highest BCUT2D eigenvalue weighted by Gasteiger charge is 2.14. The topological polar surface area (TPSA) is 35.6 Å². The average molecular weight is 289 g/mol. The van der Waals surface area contributed by atoms with Gasteiger partial charge < -0.3 is 4.57 Å². The summed E-state index contributed by atoms with van der Waals surface area (Å²) in [4.78, 5) is 4.63. The van der Waals surface area contributed by atoms with Crippen molar-refractivity contribution in [2.45, 2.75) is 26.3 Å². The molecule has 1 aromatic carbocycles. The van der Waals surface area contributed by atoms with Gasteiger partial charge in [-0.2, -0.15) is 5.10 Å². The number of fused-ring (bicyclic) bond motifs is 1. The molecule has 0 aliphatic carbocycles. The Balaban J connectivity index is 2.17. The molecule has 5 heteroatoms. The lowest BCUT2D eigenvalue weighted by Crippen LogP contribution is -2.05. The Morgan fingerprint density at radius 1 is 1.25 bits per heavy atom. The van der Waals surface area contributed by atoms with Crippen LogP contribution in [0.5, 0.6) is 0 Å². The van der Waals surface area contributed by atoms with Crippen molar-refractivity contribution in [3.8, 4) is 0 Å². The minimum absolute atomic E-state index is 0.410. The molecule has 0 fully saturated rings. The van der Waals surface area contributed by atoms with Gasteiger partial charge >= 0.3 is 0 Å². The predicted molar refractivity (Wildman–Crippen MR) is 81.1 cm³/mol. The zero-order valence-electron chi connectivity index (χ0n) is 11.9. The second-order valence-corrected chi connectivity index (χ2v) is 5.34. The van der Waals surface area contributed by atoms with Gasteiger partial charge in [-0.1, -0.05) is 12.1 Å². The molecule has 0 saturated carbocycles. The number of aryl methyl sites for hydroxylation is 2. The third-order valence-electron chi connectivity index (χ3n) is 3.83.